The lowest BCUT2D eigenvalue weighted by molar-refractivity contribution is 0.669. The van der Waals surface area contributed by atoms with Gasteiger partial charge in [-0.1, -0.05) is 231 Å². The van der Waals surface area contributed by atoms with Crippen molar-refractivity contribution in [2.45, 2.75) is 5.41 Å². The first kappa shape index (κ1) is 50.1. The van der Waals surface area contributed by atoms with Crippen LogP contribution in [0.5, 0.6) is 0 Å². The van der Waals surface area contributed by atoms with Crippen LogP contribution in [0.25, 0.3) is 109 Å². The zero-order valence-corrected chi connectivity index (χ0v) is 48.5. The van der Waals surface area contributed by atoms with E-state index in [9.17, 15) is 0 Å². The van der Waals surface area contributed by atoms with Crippen LogP contribution < -0.4 is 9.80 Å². The van der Waals surface area contributed by atoms with Crippen molar-refractivity contribution in [3.8, 4) is 65.4 Å². The van der Waals surface area contributed by atoms with Gasteiger partial charge in [0.05, 0.1) is 5.41 Å². The van der Waals surface area contributed by atoms with Crippen LogP contribution in [0.3, 0.4) is 0 Å². The van der Waals surface area contributed by atoms with Gasteiger partial charge in [-0.2, -0.15) is 0 Å². The Morgan fingerprint density at radius 3 is 1.15 bits per heavy atom. The molecule has 1 spiro atoms. The van der Waals surface area contributed by atoms with Gasteiger partial charge in [0.25, 0.3) is 0 Å². The minimum Gasteiger partial charge on any atom is -0.455 e. The van der Waals surface area contributed by atoms with Crippen molar-refractivity contribution >= 4 is 89.3 Å². The highest BCUT2D eigenvalue weighted by Gasteiger charge is 2.55. The minimum atomic E-state index is -0.758. The molecular weight excluding hydrogens is 1090 g/mol. The molecule has 5 heteroatoms. The van der Waals surface area contributed by atoms with Gasteiger partial charge in [0.15, 0.2) is 0 Å². The van der Waals surface area contributed by atoms with E-state index in [1.54, 1.807) is 0 Å². The molecule has 16 aromatic rings. The minimum absolute atomic E-state index is 0.758. The van der Waals surface area contributed by atoms with Gasteiger partial charge in [-0.3, -0.25) is 0 Å². The molecule has 3 heterocycles. The number of furan rings is 2. The SMILES string of the molecule is c1ccc(-c2sc(-c3ccccc3)c3c2-c2ccccc2C32c3cc(N(c4ccccc4)c4ccc(-c5cccc6c5oc5ccccc56)cc4)ccc3-c3ccc(N(c4ccccc4)c4ccc(-c5cccc6c5oc5ccccc56)cc4)cc32)cc1. The molecule has 0 radical (unpaired) electrons. The average Bonchev–Trinajstić information content (AvgIpc) is 1.53. The van der Waals surface area contributed by atoms with Crippen LogP contribution in [-0.2, 0) is 5.41 Å². The number of anilines is 6. The second-order valence-corrected chi connectivity index (χ2v) is 24.0. The molecule has 0 saturated heterocycles. The standard InChI is InChI=1S/C83H52N2O2S/c1-5-21-55(22-6-1)81-77-71-31-13-16-36-72(71)83(78(77)82(88-81)56-23-7-2-8-24-56)73-51-61(84(57-25-9-3-10-26-57)59-43-39-53(40-44-59)63-32-19-34-69-67-29-14-17-37-75(67)86-79(63)69)47-49-65(73)66-50-48-62(52-74(66)83)85(58-27-11-4-12-28-58)60-45-41-54(42-46-60)64-33-20-35-70-68-30-15-18-38-76(68)87-80(64)70/h1-52H. The lowest BCUT2D eigenvalue weighted by Crippen LogP contribution is -2.27. The normalized spacial score (nSPS) is 12.6. The van der Waals surface area contributed by atoms with Crippen LogP contribution in [0.1, 0.15) is 22.3 Å². The molecule has 0 fully saturated rings. The topological polar surface area (TPSA) is 32.8 Å². The van der Waals surface area contributed by atoms with E-state index in [4.69, 9.17) is 8.83 Å². The Balaban J connectivity index is 0.854. The summed E-state index contributed by atoms with van der Waals surface area (Å²) in [4.78, 5) is 7.39. The van der Waals surface area contributed by atoms with Gasteiger partial charge < -0.3 is 18.6 Å². The van der Waals surface area contributed by atoms with Crippen LogP contribution in [0, 0.1) is 0 Å². The number of thiophene rings is 1. The van der Waals surface area contributed by atoms with E-state index >= 15 is 0 Å². The number of para-hydroxylation sites is 6. The van der Waals surface area contributed by atoms with Crippen molar-refractivity contribution < 1.29 is 8.83 Å². The summed E-state index contributed by atoms with van der Waals surface area (Å²) in [7, 11) is 0. The van der Waals surface area contributed by atoms with Gasteiger partial charge in [-0.15, -0.1) is 11.3 Å². The van der Waals surface area contributed by atoms with E-state index in [-0.39, 0.29) is 0 Å². The first-order chi connectivity index (χ1) is 43.7. The Kier molecular flexibility index (Phi) is 11.4. The largest absolute Gasteiger partial charge is 0.455 e. The number of hydrogen-bond donors (Lipinski definition) is 0. The molecule has 0 unspecified atom stereocenters. The Bertz CT molecular complexity index is 5130. The molecule has 0 atom stereocenters. The maximum atomic E-state index is 6.57. The number of rotatable bonds is 10. The predicted molar refractivity (Wildman–Crippen MR) is 366 cm³/mol. The molecule has 0 amide bonds. The van der Waals surface area contributed by atoms with E-state index in [1.807, 2.05) is 23.5 Å². The van der Waals surface area contributed by atoms with Crippen molar-refractivity contribution in [1.82, 2.24) is 0 Å². The van der Waals surface area contributed by atoms with Gasteiger partial charge in [0.1, 0.15) is 22.3 Å². The second-order valence-electron chi connectivity index (χ2n) is 23.0. The second kappa shape index (κ2) is 19.9. The van der Waals surface area contributed by atoms with E-state index in [0.717, 1.165) is 100 Å². The summed E-state index contributed by atoms with van der Waals surface area (Å²) >= 11 is 1.92. The summed E-state index contributed by atoms with van der Waals surface area (Å²) in [5.74, 6) is 0. The summed E-state index contributed by atoms with van der Waals surface area (Å²) in [6.07, 6.45) is 0. The lowest BCUT2D eigenvalue weighted by atomic mass is 9.70. The van der Waals surface area contributed by atoms with Crippen LogP contribution in [0.2, 0.25) is 0 Å². The number of hydrogen-bond acceptors (Lipinski definition) is 5. The third-order valence-electron chi connectivity index (χ3n) is 18.3. The number of benzene rings is 13. The van der Waals surface area contributed by atoms with Crippen LogP contribution in [0.15, 0.2) is 324 Å². The summed E-state index contributed by atoms with van der Waals surface area (Å²) in [5, 5.41) is 4.48. The molecule has 0 bridgehead atoms. The monoisotopic (exact) mass is 1140 g/mol. The Morgan fingerprint density at radius 2 is 0.648 bits per heavy atom. The summed E-state index contributed by atoms with van der Waals surface area (Å²) in [6, 6.07) is 115. The maximum absolute atomic E-state index is 6.57. The molecule has 0 saturated carbocycles. The smallest absolute Gasteiger partial charge is 0.143 e. The van der Waals surface area contributed by atoms with E-state index in [1.165, 1.54) is 65.4 Å². The van der Waals surface area contributed by atoms with Crippen molar-refractivity contribution in [1.29, 1.82) is 0 Å². The first-order valence-corrected chi connectivity index (χ1v) is 30.9. The van der Waals surface area contributed by atoms with Gasteiger partial charge in [-0.25, -0.2) is 0 Å². The van der Waals surface area contributed by atoms with Crippen LogP contribution >= 0.6 is 11.3 Å². The summed E-state index contributed by atoms with van der Waals surface area (Å²) in [6.45, 7) is 0. The molecule has 88 heavy (non-hydrogen) atoms. The van der Waals surface area contributed by atoms with E-state index < -0.39 is 5.41 Å². The van der Waals surface area contributed by atoms with Gasteiger partial charge in [0.2, 0.25) is 0 Å². The molecule has 3 aromatic heterocycles. The average molecular weight is 1140 g/mol. The molecule has 4 nitrogen and oxygen atoms in total. The predicted octanol–water partition coefficient (Wildman–Crippen LogP) is 23.5. The summed E-state index contributed by atoms with van der Waals surface area (Å²) < 4.78 is 13.1. The fourth-order valence-electron chi connectivity index (χ4n) is 14.5. The van der Waals surface area contributed by atoms with Crippen LogP contribution in [-0.4, -0.2) is 0 Å². The van der Waals surface area contributed by atoms with Gasteiger partial charge >= 0.3 is 0 Å². The van der Waals surface area contributed by atoms with Crippen LogP contribution in [0.4, 0.5) is 34.1 Å². The number of fused-ring (bicyclic) bond motifs is 16. The Morgan fingerprint density at radius 1 is 0.261 bits per heavy atom. The molecular formula is C83H52N2O2S. The molecule has 2 aliphatic carbocycles. The number of nitrogens with zero attached hydrogens (tertiary/aromatic N) is 2. The highest BCUT2D eigenvalue weighted by atomic mass is 32.1. The zero-order valence-electron chi connectivity index (χ0n) is 47.6. The highest BCUT2D eigenvalue weighted by Crippen LogP contribution is 2.69. The molecule has 18 rings (SSSR count). The first-order valence-electron chi connectivity index (χ1n) is 30.0. The quantitative estimate of drug-likeness (QED) is 0.137. The molecule has 2 aliphatic rings. The fourth-order valence-corrected chi connectivity index (χ4v) is 15.9. The highest BCUT2D eigenvalue weighted by molar-refractivity contribution is 7.19. The van der Waals surface area contributed by atoms with E-state index in [0.29, 0.717) is 0 Å². The molecule has 0 aliphatic heterocycles. The van der Waals surface area contributed by atoms with E-state index in [2.05, 4.69) is 313 Å². The molecule has 412 valence electrons. The van der Waals surface area contributed by atoms with Gasteiger partial charge in [0, 0.05) is 82.1 Å². The third-order valence-corrected chi connectivity index (χ3v) is 19.6. The molecule has 13 aromatic carbocycles. The molecule has 0 N–H and O–H groups in total. The van der Waals surface area contributed by atoms with Gasteiger partial charge in [-0.05, 0) is 146 Å². The maximum Gasteiger partial charge on any atom is 0.143 e. The van der Waals surface area contributed by atoms with Crippen molar-refractivity contribution in [2.24, 2.45) is 0 Å². The zero-order chi connectivity index (χ0) is 57.9. The lowest BCUT2D eigenvalue weighted by Gasteiger charge is -2.33. The Hall–Kier alpha value is -11.2. The third kappa shape index (κ3) is 7.57. The van der Waals surface area contributed by atoms with Crippen molar-refractivity contribution in [2.75, 3.05) is 9.80 Å². The summed E-state index contributed by atoms with van der Waals surface area (Å²) in [5.41, 5.74) is 26.0. The van der Waals surface area contributed by atoms with Crippen molar-refractivity contribution in [3.63, 3.8) is 0 Å². The Labute approximate surface area is 513 Å². The fraction of sp³-hybridized carbons (Fsp3) is 0.0120. The van der Waals surface area contributed by atoms with Crippen molar-refractivity contribution in [3.05, 3.63) is 338 Å².